The summed E-state index contributed by atoms with van der Waals surface area (Å²) in [4.78, 5) is 39.3. The predicted molar refractivity (Wildman–Crippen MR) is 129 cm³/mol. The molecule has 7 heteroatoms. The van der Waals surface area contributed by atoms with Crippen molar-refractivity contribution in [3.63, 3.8) is 0 Å². The third-order valence-electron chi connectivity index (χ3n) is 5.41. The van der Waals surface area contributed by atoms with E-state index in [1.807, 2.05) is 23.6 Å². The summed E-state index contributed by atoms with van der Waals surface area (Å²) in [7, 11) is 0. The van der Waals surface area contributed by atoms with Crippen LogP contribution in [0.3, 0.4) is 0 Å². The van der Waals surface area contributed by atoms with Crippen molar-refractivity contribution in [1.82, 2.24) is 10.2 Å². The summed E-state index contributed by atoms with van der Waals surface area (Å²) >= 11 is 2.61. The normalized spacial score (nSPS) is 14.8. The summed E-state index contributed by atoms with van der Waals surface area (Å²) < 4.78 is 0. The van der Waals surface area contributed by atoms with Gasteiger partial charge in [0.25, 0.3) is 11.1 Å². The van der Waals surface area contributed by atoms with Crippen LogP contribution in [0.25, 0.3) is 0 Å². The topological polar surface area (TPSA) is 66.5 Å². The summed E-state index contributed by atoms with van der Waals surface area (Å²) in [5.41, 5.74) is 3.51. The van der Waals surface area contributed by atoms with Crippen LogP contribution in [-0.4, -0.2) is 27.7 Å². The predicted octanol–water partition coefficient (Wildman–Crippen LogP) is 5.59. The highest BCUT2D eigenvalue weighted by Gasteiger charge is 2.30. The molecule has 4 rings (SSSR count). The number of hydrogen-bond donors (Lipinski definition) is 1. The molecule has 2 aromatic carbocycles. The molecule has 1 atom stereocenters. The van der Waals surface area contributed by atoms with Gasteiger partial charge in [0.1, 0.15) is 0 Å². The van der Waals surface area contributed by atoms with Crippen LogP contribution in [0.1, 0.15) is 57.7 Å². The molecule has 0 saturated carbocycles. The molecule has 1 aromatic heterocycles. The molecule has 1 aliphatic heterocycles. The Morgan fingerprint density at radius 2 is 1.78 bits per heavy atom. The first-order valence-corrected chi connectivity index (χ1v) is 12.3. The van der Waals surface area contributed by atoms with Gasteiger partial charge < -0.3 is 5.32 Å². The lowest BCUT2D eigenvalue weighted by Crippen LogP contribution is -2.30. The largest absolute Gasteiger partial charge is 0.340 e. The van der Waals surface area contributed by atoms with E-state index in [4.69, 9.17) is 0 Å². The van der Waals surface area contributed by atoms with Gasteiger partial charge in [-0.05, 0) is 46.2 Å². The summed E-state index contributed by atoms with van der Waals surface area (Å²) in [6.45, 7) is 4.49. The quantitative estimate of drug-likeness (QED) is 0.495. The Bertz CT molecular complexity index is 1110. The van der Waals surface area contributed by atoms with E-state index in [2.05, 4.69) is 43.4 Å². The van der Waals surface area contributed by atoms with Crippen LogP contribution in [0.15, 0.2) is 66.0 Å². The van der Waals surface area contributed by atoms with Gasteiger partial charge in [-0.15, -0.1) is 11.3 Å². The fourth-order valence-corrected chi connectivity index (χ4v) is 5.12. The van der Waals surface area contributed by atoms with Crippen LogP contribution in [0, 0.1) is 0 Å². The molecule has 0 aliphatic carbocycles. The first-order valence-electron chi connectivity index (χ1n) is 10.4. The lowest BCUT2D eigenvalue weighted by molar-refractivity contribution is -0.125. The van der Waals surface area contributed by atoms with Crippen molar-refractivity contribution >= 4 is 40.2 Å². The molecule has 32 heavy (non-hydrogen) atoms. The zero-order valence-electron chi connectivity index (χ0n) is 17.9. The second-order valence-corrected chi connectivity index (χ2v) is 9.88. The molecule has 2 heterocycles. The third kappa shape index (κ3) is 4.95. The zero-order chi connectivity index (χ0) is 22.7. The summed E-state index contributed by atoms with van der Waals surface area (Å²) in [5, 5.41) is 4.92. The third-order valence-corrected chi connectivity index (χ3v) is 7.21. The number of nitrogens with one attached hydrogen (secondary N) is 1. The molecule has 1 N–H and O–H groups in total. The second kappa shape index (κ2) is 9.71. The van der Waals surface area contributed by atoms with Crippen LogP contribution in [0.4, 0.5) is 4.79 Å². The molecule has 0 spiro atoms. The maximum Gasteiger partial charge on any atom is 0.289 e. The van der Waals surface area contributed by atoms with Gasteiger partial charge in [-0.3, -0.25) is 19.3 Å². The number of hydrogen-bond acceptors (Lipinski definition) is 5. The standard InChI is InChI=1S/C25H24N2O3S2/c1-16(2)18-8-10-19(11-9-18)23(21-7-4-12-31-21)26-24(29)20-6-3-5-17(13-20)14-27-22(28)15-32-25(27)30/h3-13,16,23H,14-15H2,1-2H3,(H,26,29). The van der Waals surface area contributed by atoms with Gasteiger partial charge in [0.15, 0.2) is 0 Å². The van der Waals surface area contributed by atoms with Gasteiger partial charge in [-0.25, -0.2) is 0 Å². The van der Waals surface area contributed by atoms with Crippen molar-refractivity contribution in [1.29, 1.82) is 0 Å². The van der Waals surface area contributed by atoms with Gasteiger partial charge >= 0.3 is 0 Å². The minimum atomic E-state index is -0.259. The number of thioether (sulfide) groups is 1. The van der Waals surface area contributed by atoms with Gasteiger partial charge in [0, 0.05) is 10.4 Å². The van der Waals surface area contributed by atoms with Gasteiger partial charge in [0.05, 0.1) is 18.3 Å². The van der Waals surface area contributed by atoms with E-state index >= 15 is 0 Å². The van der Waals surface area contributed by atoms with Crippen LogP contribution in [-0.2, 0) is 11.3 Å². The van der Waals surface area contributed by atoms with Crippen LogP contribution < -0.4 is 5.32 Å². The van der Waals surface area contributed by atoms with Crippen molar-refractivity contribution in [3.8, 4) is 0 Å². The Kier molecular flexibility index (Phi) is 6.77. The Labute approximate surface area is 195 Å². The number of rotatable bonds is 7. The first kappa shape index (κ1) is 22.3. The molecular formula is C25H24N2O3S2. The fraction of sp³-hybridized carbons (Fsp3) is 0.240. The van der Waals surface area contributed by atoms with Crippen LogP contribution in [0.2, 0.25) is 0 Å². The highest BCUT2D eigenvalue weighted by molar-refractivity contribution is 8.14. The van der Waals surface area contributed by atoms with Crippen molar-refractivity contribution in [2.45, 2.75) is 32.4 Å². The number of nitrogens with zero attached hydrogens (tertiary/aromatic N) is 1. The number of carbonyl (C=O) groups is 3. The molecule has 1 unspecified atom stereocenters. The molecule has 164 valence electrons. The van der Waals surface area contributed by atoms with Crippen LogP contribution in [0.5, 0.6) is 0 Å². The van der Waals surface area contributed by atoms with E-state index in [0.717, 1.165) is 27.8 Å². The molecule has 3 amide bonds. The summed E-state index contributed by atoms with van der Waals surface area (Å²) in [6.07, 6.45) is 0. The minimum Gasteiger partial charge on any atom is -0.340 e. The fourth-order valence-electron chi connectivity index (χ4n) is 3.59. The molecule has 3 aromatic rings. The van der Waals surface area contributed by atoms with E-state index in [0.29, 0.717) is 11.5 Å². The Hall–Kier alpha value is -2.90. The Morgan fingerprint density at radius 1 is 1.03 bits per heavy atom. The molecule has 0 bridgehead atoms. The molecule has 1 aliphatic rings. The monoisotopic (exact) mass is 464 g/mol. The lowest BCUT2D eigenvalue weighted by Gasteiger charge is -2.19. The number of amides is 3. The van der Waals surface area contributed by atoms with Crippen LogP contribution >= 0.6 is 23.1 Å². The van der Waals surface area contributed by atoms with Gasteiger partial charge in [-0.2, -0.15) is 0 Å². The zero-order valence-corrected chi connectivity index (χ0v) is 19.5. The maximum absolute atomic E-state index is 13.2. The number of thiophene rings is 1. The Balaban J connectivity index is 1.55. The maximum atomic E-state index is 13.2. The van der Waals surface area contributed by atoms with E-state index in [1.54, 1.807) is 29.5 Å². The van der Waals surface area contributed by atoms with E-state index < -0.39 is 0 Å². The van der Waals surface area contributed by atoms with Crippen molar-refractivity contribution in [2.75, 3.05) is 5.75 Å². The van der Waals surface area contributed by atoms with Crippen molar-refractivity contribution < 1.29 is 14.4 Å². The number of benzene rings is 2. The highest BCUT2D eigenvalue weighted by Crippen LogP contribution is 2.28. The van der Waals surface area contributed by atoms with Crippen molar-refractivity contribution in [3.05, 3.63) is 93.2 Å². The summed E-state index contributed by atoms with van der Waals surface area (Å²) in [6, 6.07) is 19.2. The highest BCUT2D eigenvalue weighted by atomic mass is 32.2. The average Bonchev–Trinajstić information content (AvgIpc) is 3.44. The molecule has 0 radical (unpaired) electrons. The average molecular weight is 465 g/mol. The van der Waals surface area contributed by atoms with E-state index in [-0.39, 0.29) is 35.4 Å². The minimum absolute atomic E-state index is 0.177. The van der Waals surface area contributed by atoms with E-state index in [9.17, 15) is 14.4 Å². The molecule has 1 saturated heterocycles. The summed E-state index contributed by atoms with van der Waals surface area (Å²) in [5.74, 6) is 0.218. The van der Waals surface area contributed by atoms with Gasteiger partial charge in [0.2, 0.25) is 5.91 Å². The SMILES string of the molecule is CC(C)c1ccc(C(NC(=O)c2cccc(CN3C(=O)CSC3=O)c2)c2cccs2)cc1. The number of imide groups is 1. The lowest BCUT2D eigenvalue weighted by atomic mass is 9.98. The Morgan fingerprint density at radius 3 is 2.41 bits per heavy atom. The van der Waals surface area contributed by atoms with Crippen molar-refractivity contribution in [2.24, 2.45) is 0 Å². The molecule has 1 fully saturated rings. The van der Waals surface area contributed by atoms with Gasteiger partial charge in [-0.1, -0.05) is 68.1 Å². The second-order valence-electron chi connectivity index (χ2n) is 7.98. The molecular weight excluding hydrogens is 440 g/mol. The molecule has 5 nitrogen and oxygen atoms in total. The van der Waals surface area contributed by atoms with E-state index in [1.165, 1.54) is 10.5 Å². The number of carbonyl (C=O) groups excluding carboxylic acids is 3. The first-order chi connectivity index (χ1) is 15.4. The smallest absolute Gasteiger partial charge is 0.289 e.